The molecule has 0 saturated carbocycles. The molecule has 0 aliphatic rings. The van der Waals surface area contributed by atoms with Crippen LogP contribution in [0.3, 0.4) is 0 Å². The van der Waals surface area contributed by atoms with Gasteiger partial charge in [-0.3, -0.25) is 9.59 Å². The molecule has 3 aromatic rings. The van der Waals surface area contributed by atoms with E-state index < -0.39 is 5.91 Å². The second kappa shape index (κ2) is 8.29. The van der Waals surface area contributed by atoms with Crippen molar-refractivity contribution in [2.75, 3.05) is 11.1 Å². The van der Waals surface area contributed by atoms with Crippen molar-refractivity contribution in [2.45, 2.75) is 26.7 Å². The van der Waals surface area contributed by atoms with Crippen LogP contribution >= 0.6 is 0 Å². The van der Waals surface area contributed by atoms with E-state index in [2.05, 4.69) is 41.1 Å². The summed E-state index contributed by atoms with van der Waals surface area (Å²) in [4.78, 5) is 23.6. The molecule has 12 heteroatoms. The van der Waals surface area contributed by atoms with E-state index in [1.165, 1.54) is 17.8 Å². The Balaban J connectivity index is 1.74. The molecule has 0 aliphatic heterocycles. The molecule has 4 N–H and O–H groups in total. The molecule has 0 radical (unpaired) electrons. The number of nitrogens with zero attached hydrogens (tertiary/aromatic N) is 6. The third-order valence-corrected chi connectivity index (χ3v) is 3.77. The van der Waals surface area contributed by atoms with E-state index in [1.807, 2.05) is 13.8 Å². The van der Waals surface area contributed by atoms with Gasteiger partial charge >= 0.3 is 0 Å². The zero-order chi connectivity index (χ0) is 21.0. The molecule has 2 aromatic heterocycles. The summed E-state index contributed by atoms with van der Waals surface area (Å²) in [5, 5.41) is 21.7. The molecule has 0 unspecified atom stereocenters. The van der Waals surface area contributed by atoms with Crippen molar-refractivity contribution in [3.8, 4) is 5.82 Å². The number of carbonyl (C=O) groups excluding carboxylic acids is 2. The van der Waals surface area contributed by atoms with Crippen LogP contribution in [-0.2, 0) is 4.79 Å². The van der Waals surface area contributed by atoms with Gasteiger partial charge in [-0.25, -0.2) is 10.1 Å². The summed E-state index contributed by atoms with van der Waals surface area (Å²) in [5.41, 5.74) is 10.1. The maximum Gasteiger partial charge on any atom is 0.293 e. The monoisotopic (exact) mass is 397 g/mol. The third kappa shape index (κ3) is 4.43. The van der Waals surface area contributed by atoms with Gasteiger partial charge in [-0.1, -0.05) is 31.2 Å². The van der Waals surface area contributed by atoms with Crippen LogP contribution < -0.4 is 16.5 Å². The Morgan fingerprint density at radius 1 is 1.24 bits per heavy atom. The average Bonchev–Trinajstić information content (AvgIpc) is 3.28. The molecular weight excluding hydrogens is 378 g/mol. The molecule has 1 aromatic carbocycles. The number of nitrogens with two attached hydrogens (primary N) is 1. The van der Waals surface area contributed by atoms with E-state index >= 15 is 0 Å². The summed E-state index contributed by atoms with van der Waals surface area (Å²) in [6.45, 7) is 5.17. The molecule has 0 spiro atoms. The smallest absolute Gasteiger partial charge is 0.293 e. The normalized spacial score (nSPS) is 11.2. The number of benzene rings is 1. The Hall–Kier alpha value is -4.09. The molecule has 150 valence electrons. The van der Waals surface area contributed by atoms with Gasteiger partial charge in [0.2, 0.25) is 17.5 Å². The molecule has 3 rings (SSSR count). The zero-order valence-electron chi connectivity index (χ0n) is 15.9. The van der Waals surface area contributed by atoms with Crippen LogP contribution in [0.2, 0.25) is 0 Å². The van der Waals surface area contributed by atoms with Gasteiger partial charge in [0, 0.05) is 12.6 Å². The molecule has 0 bridgehead atoms. The number of carbonyl (C=O) groups is 2. The molecule has 0 aliphatic carbocycles. The number of hydrogen-bond acceptors (Lipinski definition) is 9. The lowest BCUT2D eigenvalue weighted by Gasteiger charge is -2.08. The van der Waals surface area contributed by atoms with E-state index in [1.54, 1.807) is 24.3 Å². The van der Waals surface area contributed by atoms with Gasteiger partial charge in [-0.2, -0.15) is 9.78 Å². The predicted octanol–water partition coefficient (Wildman–Crippen LogP) is 1.08. The second-order valence-corrected chi connectivity index (χ2v) is 6.37. The lowest BCUT2D eigenvalue weighted by atomic mass is 10.1. The lowest BCUT2D eigenvalue weighted by molar-refractivity contribution is -0.114. The highest BCUT2D eigenvalue weighted by molar-refractivity contribution is 5.94. The van der Waals surface area contributed by atoms with Crippen molar-refractivity contribution in [3.05, 3.63) is 41.2 Å². The molecule has 0 atom stereocenters. The molecule has 2 heterocycles. The summed E-state index contributed by atoms with van der Waals surface area (Å²) in [7, 11) is 0. The van der Waals surface area contributed by atoms with E-state index in [4.69, 9.17) is 5.73 Å². The van der Waals surface area contributed by atoms with Crippen LogP contribution in [0.25, 0.3) is 5.82 Å². The number of nitrogen functional groups attached to an aromatic ring is 1. The first-order valence-electron chi connectivity index (χ1n) is 8.62. The lowest BCUT2D eigenvalue weighted by Crippen LogP contribution is -2.21. The largest absolute Gasteiger partial charge is 0.378 e. The van der Waals surface area contributed by atoms with Crippen molar-refractivity contribution in [1.29, 1.82) is 0 Å². The van der Waals surface area contributed by atoms with Crippen molar-refractivity contribution in [2.24, 2.45) is 5.10 Å². The first kappa shape index (κ1) is 19.7. The Morgan fingerprint density at radius 2 is 1.97 bits per heavy atom. The van der Waals surface area contributed by atoms with E-state index in [0.717, 1.165) is 5.56 Å². The number of rotatable bonds is 6. The number of aromatic nitrogens is 5. The van der Waals surface area contributed by atoms with E-state index in [0.29, 0.717) is 11.4 Å². The average molecular weight is 397 g/mol. The summed E-state index contributed by atoms with van der Waals surface area (Å²) in [6.07, 6.45) is 1.47. The minimum absolute atomic E-state index is 0.0319. The number of hydrazone groups is 1. The standard InChI is InChI=1S/C17H19N9O3/c1-9(2)14-13(21-25-26(14)16-15(18)23-29-24-16)17(28)22-19-8-11-4-6-12(7-5-11)20-10(3)27/h4-9H,1-3H3,(H2,18,23)(H,20,27)(H,22,28). The Bertz CT molecular complexity index is 1050. The summed E-state index contributed by atoms with van der Waals surface area (Å²) < 4.78 is 5.90. The summed E-state index contributed by atoms with van der Waals surface area (Å²) in [6, 6.07) is 6.95. The Labute approximate surface area is 165 Å². The molecule has 0 fully saturated rings. The topological polar surface area (TPSA) is 166 Å². The predicted molar refractivity (Wildman–Crippen MR) is 104 cm³/mol. The molecule has 2 amide bonds. The minimum atomic E-state index is -0.541. The number of amides is 2. The van der Waals surface area contributed by atoms with Crippen molar-refractivity contribution < 1.29 is 14.2 Å². The maximum absolute atomic E-state index is 12.5. The third-order valence-electron chi connectivity index (χ3n) is 3.77. The highest BCUT2D eigenvalue weighted by atomic mass is 16.6. The van der Waals surface area contributed by atoms with Gasteiger partial charge < -0.3 is 11.1 Å². The van der Waals surface area contributed by atoms with Crippen LogP contribution in [0.1, 0.15) is 48.4 Å². The number of nitrogens with one attached hydrogen (secondary N) is 2. The van der Waals surface area contributed by atoms with Crippen LogP contribution in [-0.4, -0.2) is 43.3 Å². The van der Waals surface area contributed by atoms with E-state index in [9.17, 15) is 9.59 Å². The van der Waals surface area contributed by atoms with Gasteiger partial charge in [-0.15, -0.1) is 5.10 Å². The first-order chi connectivity index (χ1) is 13.9. The van der Waals surface area contributed by atoms with Crippen LogP contribution in [0.15, 0.2) is 34.0 Å². The minimum Gasteiger partial charge on any atom is -0.378 e. The highest BCUT2D eigenvalue weighted by Gasteiger charge is 2.25. The van der Waals surface area contributed by atoms with Crippen LogP contribution in [0, 0.1) is 0 Å². The quantitative estimate of drug-likeness (QED) is 0.410. The van der Waals surface area contributed by atoms with Gasteiger partial charge in [0.1, 0.15) is 0 Å². The van der Waals surface area contributed by atoms with Crippen molar-refractivity contribution in [1.82, 2.24) is 30.7 Å². The zero-order valence-corrected chi connectivity index (χ0v) is 15.9. The van der Waals surface area contributed by atoms with Crippen LogP contribution in [0.4, 0.5) is 11.5 Å². The van der Waals surface area contributed by atoms with Crippen LogP contribution in [0.5, 0.6) is 0 Å². The fraction of sp³-hybridized carbons (Fsp3) is 0.235. The van der Waals surface area contributed by atoms with Gasteiger partial charge in [0.25, 0.3) is 5.91 Å². The van der Waals surface area contributed by atoms with E-state index in [-0.39, 0.29) is 29.2 Å². The maximum atomic E-state index is 12.5. The molecular formula is C17H19N9O3. The SMILES string of the molecule is CC(=O)Nc1ccc(C=NNC(=O)c2nnn(-c3nonc3N)c2C(C)C)cc1. The first-order valence-corrected chi connectivity index (χ1v) is 8.62. The van der Waals surface area contributed by atoms with Gasteiger partial charge in [0.15, 0.2) is 5.69 Å². The van der Waals surface area contributed by atoms with Gasteiger partial charge in [0.05, 0.1) is 11.9 Å². The van der Waals surface area contributed by atoms with Crippen molar-refractivity contribution in [3.63, 3.8) is 0 Å². The Kier molecular flexibility index (Phi) is 5.62. The fourth-order valence-corrected chi connectivity index (χ4v) is 2.54. The summed E-state index contributed by atoms with van der Waals surface area (Å²) >= 11 is 0. The molecule has 29 heavy (non-hydrogen) atoms. The van der Waals surface area contributed by atoms with Crippen molar-refractivity contribution >= 4 is 29.5 Å². The number of hydrogen-bond donors (Lipinski definition) is 3. The summed E-state index contributed by atoms with van der Waals surface area (Å²) in [5.74, 6) is -0.628. The fourth-order valence-electron chi connectivity index (χ4n) is 2.54. The molecule has 0 saturated heterocycles. The van der Waals surface area contributed by atoms with Gasteiger partial charge in [-0.05, 0) is 33.9 Å². The Morgan fingerprint density at radius 3 is 2.55 bits per heavy atom. The highest BCUT2D eigenvalue weighted by Crippen LogP contribution is 2.22. The number of anilines is 2. The molecule has 12 nitrogen and oxygen atoms in total. The second-order valence-electron chi connectivity index (χ2n) is 6.37.